The summed E-state index contributed by atoms with van der Waals surface area (Å²) >= 11 is 6.19. The van der Waals surface area contributed by atoms with Crippen molar-refractivity contribution in [3.05, 3.63) is 95.5 Å². The van der Waals surface area contributed by atoms with Crippen molar-refractivity contribution in [3.8, 4) is 33.9 Å². The fourth-order valence-corrected chi connectivity index (χ4v) is 4.05. The second kappa shape index (κ2) is 10.5. The first kappa shape index (κ1) is 22.2. The first-order chi connectivity index (χ1) is 15.7. The molecular formula is C28H28ClN3. The second-order valence-corrected chi connectivity index (χ2v) is 8.18. The minimum atomic E-state index is 0.721. The van der Waals surface area contributed by atoms with Crippen LogP contribution in [0.2, 0.25) is 5.02 Å². The van der Waals surface area contributed by atoms with Gasteiger partial charge in [-0.3, -0.25) is 0 Å². The zero-order valence-electron chi connectivity index (χ0n) is 18.6. The highest BCUT2D eigenvalue weighted by Gasteiger charge is 2.19. The van der Waals surface area contributed by atoms with E-state index in [1.165, 1.54) is 5.56 Å². The first-order valence-electron chi connectivity index (χ1n) is 11.2. The van der Waals surface area contributed by atoms with E-state index in [9.17, 15) is 0 Å². The van der Waals surface area contributed by atoms with Crippen LogP contribution in [-0.2, 0) is 6.42 Å². The smallest absolute Gasteiger partial charge is 0.160 e. The maximum Gasteiger partial charge on any atom is 0.160 e. The Balaban J connectivity index is 1.94. The maximum absolute atomic E-state index is 6.19. The zero-order valence-corrected chi connectivity index (χ0v) is 19.4. The molecule has 162 valence electrons. The monoisotopic (exact) mass is 441 g/mol. The summed E-state index contributed by atoms with van der Waals surface area (Å²) in [5.41, 5.74) is 6.32. The average molecular weight is 442 g/mol. The molecule has 0 saturated heterocycles. The molecule has 0 radical (unpaired) electrons. The number of hydrogen-bond donors (Lipinski definition) is 0. The molecule has 3 nitrogen and oxygen atoms in total. The van der Waals surface area contributed by atoms with Gasteiger partial charge in [-0.25, -0.2) is 9.97 Å². The lowest BCUT2D eigenvalue weighted by Gasteiger charge is -2.21. The van der Waals surface area contributed by atoms with Crippen molar-refractivity contribution in [3.63, 3.8) is 0 Å². The molecule has 0 unspecified atom stereocenters. The Hall–Kier alpha value is -3.01. The van der Waals surface area contributed by atoms with E-state index < -0.39 is 0 Å². The Bertz CT molecular complexity index is 1140. The minimum Gasteiger partial charge on any atom is -0.304 e. The Kier molecular flexibility index (Phi) is 7.31. The van der Waals surface area contributed by atoms with E-state index in [4.69, 9.17) is 21.6 Å². The second-order valence-electron chi connectivity index (χ2n) is 7.74. The number of halogens is 1. The molecule has 1 aromatic heterocycles. The molecule has 0 aliphatic heterocycles. The largest absolute Gasteiger partial charge is 0.304 e. The van der Waals surface area contributed by atoms with E-state index in [2.05, 4.69) is 67.3 Å². The molecule has 32 heavy (non-hydrogen) atoms. The summed E-state index contributed by atoms with van der Waals surface area (Å²) in [6.07, 6.45) is 0.874. The highest BCUT2D eigenvalue weighted by molar-refractivity contribution is 6.30. The number of nitrogens with zero attached hydrogens (tertiary/aromatic N) is 3. The van der Waals surface area contributed by atoms with Crippen molar-refractivity contribution in [1.29, 1.82) is 0 Å². The van der Waals surface area contributed by atoms with Gasteiger partial charge in [-0.1, -0.05) is 98.2 Å². The molecule has 0 amide bonds. The number of rotatable bonds is 8. The molecule has 0 aliphatic carbocycles. The SMILES string of the molecule is CCN(CC)CCc1c(-c2ccccc2)nc(-c2ccccc2)nc1-c1ccc(Cl)cc1. The molecule has 4 rings (SSSR count). The van der Waals surface area contributed by atoms with Crippen molar-refractivity contribution in [2.24, 2.45) is 0 Å². The van der Waals surface area contributed by atoms with Crippen LogP contribution in [0.25, 0.3) is 33.9 Å². The molecule has 3 aromatic carbocycles. The van der Waals surface area contributed by atoms with Crippen molar-refractivity contribution in [2.45, 2.75) is 20.3 Å². The third kappa shape index (κ3) is 5.07. The van der Waals surface area contributed by atoms with Gasteiger partial charge in [0.05, 0.1) is 11.4 Å². The van der Waals surface area contributed by atoms with Gasteiger partial charge in [0.1, 0.15) is 0 Å². The summed E-state index contributed by atoms with van der Waals surface area (Å²) < 4.78 is 0. The topological polar surface area (TPSA) is 29.0 Å². The predicted octanol–water partition coefficient (Wildman–Crippen LogP) is 7.02. The van der Waals surface area contributed by atoms with Crippen LogP contribution in [0, 0.1) is 0 Å². The van der Waals surface area contributed by atoms with E-state index in [-0.39, 0.29) is 0 Å². The number of hydrogen-bond acceptors (Lipinski definition) is 3. The standard InChI is InChI=1S/C28H28ClN3/c1-3-32(4-2)20-19-25-26(21-11-7-5-8-12-21)30-28(23-13-9-6-10-14-23)31-27(25)22-15-17-24(29)18-16-22/h5-18H,3-4,19-20H2,1-2H3. The molecule has 4 aromatic rings. The molecule has 0 saturated carbocycles. The Morgan fingerprint density at radius 3 is 1.69 bits per heavy atom. The summed E-state index contributed by atoms with van der Waals surface area (Å²) in [5.74, 6) is 0.737. The predicted molar refractivity (Wildman–Crippen MR) is 135 cm³/mol. The average Bonchev–Trinajstić information content (AvgIpc) is 2.86. The van der Waals surface area contributed by atoms with Crippen LogP contribution in [-0.4, -0.2) is 34.5 Å². The Morgan fingerprint density at radius 1 is 0.656 bits per heavy atom. The summed E-state index contributed by atoms with van der Waals surface area (Å²) in [6, 6.07) is 28.6. The lowest BCUT2D eigenvalue weighted by Crippen LogP contribution is -2.25. The van der Waals surface area contributed by atoms with E-state index in [1.807, 2.05) is 36.4 Å². The molecule has 0 bridgehead atoms. The zero-order chi connectivity index (χ0) is 22.3. The quantitative estimate of drug-likeness (QED) is 0.294. The molecule has 0 N–H and O–H groups in total. The molecule has 1 heterocycles. The molecule has 0 atom stereocenters. The number of likely N-dealkylation sites (N-methyl/N-ethyl adjacent to an activating group) is 1. The van der Waals surface area contributed by atoms with Crippen LogP contribution in [0.3, 0.4) is 0 Å². The maximum atomic E-state index is 6.19. The third-order valence-electron chi connectivity index (χ3n) is 5.78. The van der Waals surface area contributed by atoms with Gasteiger partial charge in [0.15, 0.2) is 5.82 Å². The fraction of sp³-hybridized carbons (Fsp3) is 0.214. The Labute approximate surface area is 195 Å². The van der Waals surface area contributed by atoms with Crippen molar-refractivity contribution in [2.75, 3.05) is 19.6 Å². The molecule has 0 aliphatic rings. The van der Waals surface area contributed by atoms with Gasteiger partial charge in [-0.15, -0.1) is 0 Å². The molecule has 4 heteroatoms. The first-order valence-corrected chi connectivity index (χ1v) is 11.6. The van der Waals surface area contributed by atoms with E-state index in [1.54, 1.807) is 0 Å². The van der Waals surface area contributed by atoms with Crippen LogP contribution in [0.1, 0.15) is 19.4 Å². The van der Waals surface area contributed by atoms with Crippen molar-refractivity contribution < 1.29 is 0 Å². The number of aromatic nitrogens is 2. The van der Waals surface area contributed by atoms with Crippen LogP contribution < -0.4 is 0 Å². The van der Waals surface area contributed by atoms with Gasteiger partial charge >= 0.3 is 0 Å². The Morgan fingerprint density at radius 2 is 1.16 bits per heavy atom. The van der Waals surface area contributed by atoms with Crippen LogP contribution in [0.4, 0.5) is 0 Å². The molecular weight excluding hydrogens is 414 g/mol. The van der Waals surface area contributed by atoms with Gasteiger partial charge < -0.3 is 4.90 Å². The lowest BCUT2D eigenvalue weighted by atomic mass is 9.97. The van der Waals surface area contributed by atoms with Gasteiger partial charge in [-0.2, -0.15) is 0 Å². The van der Waals surface area contributed by atoms with Crippen LogP contribution >= 0.6 is 11.6 Å². The van der Waals surface area contributed by atoms with Crippen LogP contribution in [0.15, 0.2) is 84.9 Å². The minimum absolute atomic E-state index is 0.721. The highest BCUT2D eigenvalue weighted by Crippen LogP contribution is 2.33. The third-order valence-corrected chi connectivity index (χ3v) is 6.03. The fourth-order valence-electron chi connectivity index (χ4n) is 3.93. The summed E-state index contributed by atoms with van der Waals surface area (Å²) in [4.78, 5) is 12.6. The van der Waals surface area contributed by atoms with Crippen molar-refractivity contribution in [1.82, 2.24) is 14.9 Å². The summed E-state index contributed by atoms with van der Waals surface area (Å²) in [7, 11) is 0. The van der Waals surface area contributed by atoms with Crippen LogP contribution in [0.5, 0.6) is 0 Å². The van der Waals surface area contributed by atoms with E-state index in [0.717, 1.165) is 65.0 Å². The highest BCUT2D eigenvalue weighted by atomic mass is 35.5. The van der Waals surface area contributed by atoms with E-state index in [0.29, 0.717) is 0 Å². The van der Waals surface area contributed by atoms with Gasteiger partial charge in [0.2, 0.25) is 0 Å². The van der Waals surface area contributed by atoms with Gasteiger partial charge in [-0.05, 0) is 31.6 Å². The van der Waals surface area contributed by atoms with Gasteiger partial charge in [0.25, 0.3) is 0 Å². The normalized spacial score (nSPS) is 11.1. The summed E-state index contributed by atoms with van der Waals surface area (Å²) in [6.45, 7) is 7.42. The van der Waals surface area contributed by atoms with Gasteiger partial charge in [0, 0.05) is 33.8 Å². The molecule has 0 spiro atoms. The lowest BCUT2D eigenvalue weighted by molar-refractivity contribution is 0.308. The molecule has 0 fully saturated rings. The number of benzene rings is 3. The van der Waals surface area contributed by atoms with Crippen molar-refractivity contribution >= 4 is 11.6 Å². The van der Waals surface area contributed by atoms with E-state index >= 15 is 0 Å². The summed E-state index contributed by atoms with van der Waals surface area (Å²) in [5, 5.41) is 0.721.